The van der Waals surface area contributed by atoms with Crippen molar-refractivity contribution in [1.82, 2.24) is 5.43 Å². The lowest BCUT2D eigenvalue weighted by Gasteiger charge is -2.33. The van der Waals surface area contributed by atoms with Crippen LogP contribution in [-0.4, -0.2) is 19.3 Å². The normalized spacial score (nSPS) is 37.5. The van der Waals surface area contributed by atoms with E-state index < -0.39 is 0 Å². The minimum absolute atomic E-state index is 0.513. The van der Waals surface area contributed by atoms with E-state index in [1.165, 1.54) is 38.5 Å². The molecular formula is C13H26N2O. The first-order valence-electron chi connectivity index (χ1n) is 6.83. The van der Waals surface area contributed by atoms with E-state index in [2.05, 4.69) is 12.3 Å². The van der Waals surface area contributed by atoms with Gasteiger partial charge in [-0.15, -0.1) is 0 Å². The summed E-state index contributed by atoms with van der Waals surface area (Å²) >= 11 is 0. The largest absolute Gasteiger partial charge is 0.381 e. The number of rotatable bonds is 4. The van der Waals surface area contributed by atoms with Crippen LogP contribution < -0.4 is 11.3 Å². The minimum Gasteiger partial charge on any atom is -0.381 e. The van der Waals surface area contributed by atoms with Crippen molar-refractivity contribution < 1.29 is 4.74 Å². The number of ether oxygens (including phenoxy) is 1. The average molecular weight is 226 g/mol. The Balaban J connectivity index is 1.79. The molecule has 2 aliphatic rings. The van der Waals surface area contributed by atoms with E-state index in [0.29, 0.717) is 6.04 Å². The highest BCUT2D eigenvalue weighted by atomic mass is 16.5. The summed E-state index contributed by atoms with van der Waals surface area (Å²) in [5.41, 5.74) is 3.06. The van der Waals surface area contributed by atoms with Gasteiger partial charge in [-0.05, 0) is 43.4 Å². The second-order valence-electron chi connectivity index (χ2n) is 5.76. The quantitative estimate of drug-likeness (QED) is 0.570. The molecule has 3 heteroatoms. The molecule has 3 nitrogen and oxygen atoms in total. The van der Waals surface area contributed by atoms with Crippen LogP contribution in [0, 0.1) is 17.8 Å². The number of hydrogen-bond acceptors (Lipinski definition) is 3. The molecule has 2 rings (SSSR count). The first-order chi connectivity index (χ1) is 7.79. The van der Waals surface area contributed by atoms with Crippen LogP contribution in [0.5, 0.6) is 0 Å². The summed E-state index contributed by atoms with van der Waals surface area (Å²) < 4.78 is 5.44. The molecule has 1 saturated heterocycles. The molecule has 0 radical (unpaired) electrons. The SMILES string of the molecule is CC1CCC(C(CC2CCOC2)NN)CC1. The molecule has 1 aliphatic carbocycles. The predicted octanol–water partition coefficient (Wildman–Crippen LogP) is 2.07. The lowest BCUT2D eigenvalue weighted by Crippen LogP contribution is -2.43. The van der Waals surface area contributed by atoms with Crippen LogP contribution in [-0.2, 0) is 4.74 Å². The first-order valence-corrected chi connectivity index (χ1v) is 6.83. The molecule has 0 aromatic heterocycles. The minimum atomic E-state index is 0.513. The van der Waals surface area contributed by atoms with Gasteiger partial charge in [-0.25, -0.2) is 0 Å². The zero-order valence-electron chi connectivity index (χ0n) is 10.5. The molecule has 2 atom stereocenters. The van der Waals surface area contributed by atoms with Gasteiger partial charge in [0.25, 0.3) is 0 Å². The predicted molar refractivity (Wildman–Crippen MR) is 65.8 cm³/mol. The van der Waals surface area contributed by atoms with E-state index in [-0.39, 0.29) is 0 Å². The number of nitrogens with one attached hydrogen (secondary N) is 1. The summed E-state index contributed by atoms with van der Waals surface area (Å²) in [6.45, 7) is 4.26. The Morgan fingerprint density at radius 3 is 2.56 bits per heavy atom. The van der Waals surface area contributed by atoms with Crippen LogP contribution in [0.1, 0.15) is 45.4 Å². The molecule has 3 N–H and O–H groups in total. The second-order valence-corrected chi connectivity index (χ2v) is 5.76. The third-order valence-corrected chi connectivity index (χ3v) is 4.45. The molecule has 1 saturated carbocycles. The first kappa shape index (κ1) is 12.3. The van der Waals surface area contributed by atoms with Crippen LogP contribution in [0.25, 0.3) is 0 Å². The van der Waals surface area contributed by atoms with Crippen molar-refractivity contribution in [2.24, 2.45) is 23.6 Å². The molecule has 94 valence electrons. The van der Waals surface area contributed by atoms with Gasteiger partial charge >= 0.3 is 0 Å². The van der Waals surface area contributed by atoms with Gasteiger partial charge in [0.15, 0.2) is 0 Å². The Hall–Kier alpha value is -0.120. The maximum absolute atomic E-state index is 5.73. The van der Waals surface area contributed by atoms with Gasteiger partial charge in [0.1, 0.15) is 0 Å². The molecule has 2 fully saturated rings. The fourth-order valence-electron chi connectivity index (χ4n) is 3.21. The smallest absolute Gasteiger partial charge is 0.0495 e. The monoisotopic (exact) mass is 226 g/mol. The number of hydrazine groups is 1. The molecule has 1 heterocycles. The highest BCUT2D eigenvalue weighted by Crippen LogP contribution is 2.33. The molecule has 16 heavy (non-hydrogen) atoms. The van der Waals surface area contributed by atoms with E-state index in [1.54, 1.807) is 0 Å². The summed E-state index contributed by atoms with van der Waals surface area (Å²) in [7, 11) is 0. The molecule has 0 bridgehead atoms. The molecule has 0 amide bonds. The summed E-state index contributed by atoms with van der Waals surface area (Å²) in [6, 6.07) is 0.513. The maximum atomic E-state index is 5.73. The Kier molecular flexibility index (Phi) is 4.62. The highest BCUT2D eigenvalue weighted by molar-refractivity contribution is 4.82. The van der Waals surface area contributed by atoms with Crippen molar-refractivity contribution in [3.8, 4) is 0 Å². The second kappa shape index (κ2) is 5.99. The number of nitrogens with two attached hydrogens (primary N) is 1. The third kappa shape index (κ3) is 3.19. The molecular weight excluding hydrogens is 200 g/mol. The Morgan fingerprint density at radius 2 is 2.00 bits per heavy atom. The van der Waals surface area contributed by atoms with E-state index in [9.17, 15) is 0 Å². The fraction of sp³-hybridized carbons (Fsp3) is 1.00. The van der Waals surface area contributed by atoms with Gasteiger partial charge in [-0.1, -0.05) is 19.8 Å². The summed E-state index contributed by atoms with van der Waals surface area (Å²) in [4.78, 5) is 0. The lowest BCUT2D eigenvalue weighted by molar-refractivity contribution is 0.168. The Labute approximate surface area is 99.1 Å². The molecule has 0 aromatic rings. The van der Waals surface area contributed by atoms with Crippen molar-refractivity contribution in [1.29, 1.82) is 0 Å². The van der Waals surface area contributed by atoms with Gasteiger partial charge in [0.2, 0.25) is 0 Å². The van der Waals surface area contributed by atoms with Crippen LogP contribution in [0.3, 0.4) is 0 Å². The van der Waals surface area contributed by atoms with Gasteiger partial charge in [0.05, 0.1) is 0 Å². The fourth-order valence-corrected chi connectivity index (χ4v) is 3.21. The summed E-state index contributed by atoms with van der Waals surface area (Å²) in [6.07, 6.45) is 7.89. The molecule has 0 aromatic carbocycles. The van der Waals surface area contributed by atoms with Crippen molar-refractivity contribution >= 4 is 0 Å². The Morgan fingerprint density at radius 1 is 1.25 bits per heavy atom. The van der Waals surface area contributed by atoms with Crippen molar-refractivity contribution in [2.45, 2.75) is 51.5 Å². The highest BCUT2D eigenvalue weighted by Gasteiger charge is 2.28. The zero-order chi connectivity index (χ0) is 11.4. The molecule has 0 spiro atoms. The van der Waals surface area contributed by atoms with Gasteiger partial charge in [0, 0.05) is 19.3 Å². The Bertz CT molecular complexity index is 196. The van der Waals surface area contributed by atoms with E-state index in [4.69, 9.17) is 10.6 Å². The van der Waals surface area contributed by atoms with Gasteiger partial charge in [-0.2, -0.15) is 0 Å². The van der Waals surface area contributed by atoms with Gasteiger partial charge < -0.3 is 4.74 Å². The summed E-state index contributed by atoms with van der Waals surface area (Å²) in [5, 5.41) is 0. The standard InChI is InChI=1S/C13H26N2O/c1-10-2-4-12(5-3-10)13(15-14)8-11-6-7-16-9-11/h10-13,15H,2-9,14H2,1H3. The topological polar surface area (TPSA) is 47.3 Å². The third-order valence-electron chi connectivity index (χ3n) is 4.45. The van der Waals surface area contributed by atoms with E-state index in [0.717, 1.165) is 31.0 Å². The van der Waals surface area contributed by atoms with Crippen molar-refractivity contribution in [2.75, 3.05) is 13.2 Å². The maximum Gasteiger partial charge on any atom is 0.0495 e. The van der Waals surface area contributed by atoms with Crippen LogP contribution in [0.4, 0.5) is 0 Å². The van der Waals surface area contributed by atoms with Crippen molar-refractivity contribution in [3.63, 3.8) is 0 Å². The van der Waals surface area contributed by atoms with Crippen LogP contribution in [0.15, 0.2) is 0 Å². The van der Waals surface area contributed by atoms with Crippen LogP contribution >= 0.6 is 0 Å². The average Bonchev–Trinajstić information content (AvgIpc) is 2.80. The van der Waals surface area contributed by atoms with E-state index in [1.807, 2.05) is 0 Å². The molecule has 2 unspecified atom stereocenters. The molecule has 1 aliphatic heterocycles. The number of hydrogen-bond donors (Lipinski definition) is 2. The summed E-state index contributed by atoms with van der Waals surface area (Å²) in [5.74, 6) is 8.18. The zero-order valence-corrected chi connectivity index (χ0v) is 10.5. The van der Waals surface area contributed by atoms with Crippen LogP contribution in [0.2, 0.25) is 0 Å². The van der Waals surface area contributed by atoms with E-state index >= 15 is 0 Å². The van der Waals surface area contributed by atoms with Gasteiger partial charge in [-0.3, -0.25) is 11.3 Å². The lowest BCUT2D eigenvalue weighted by atomic mass is 9.77. The van der Waals surface area contributed by atoms with Crippen molar-refractivity contribution in [3.05, 3.63) is 0 Å².